The van der Waals surface area contributed by atoms with Crippen LogP contribution in [0.25, 0.3) is 5.69 Å². The standard InChI is InChI=1S/C22H24N4O5/c1-29-18-10-9-15(13-19(18)30-2)17(14-21(27)31-3)23-22(28)24-20-11-12-26(25-20)16-7-5-4-6-8-16/h4-13,17H,14H2,1-3H3,(H2,23,24,25,28)/t17-/m0/s1. The van der Waals surface area contributed by atoms with Gasteiger partial charge in [0, 0.05) is 12.3 Å². The van der Waals surface area contributed by atoms with Gasteiger partial charge in [-0.15, -0.1) is 5.10 Å². The zero-order valence-corrected chi connectivity index (χ0v) is 17.5. The molecule has 0 aliphatic carbocycles. The van der Waals surface area contributed by atoms with E-state index in [-0.39, 0.29) is 6.42 Å². The number of ether oxygens (including phenoxy) is 3. The molecule has 31 heavy (non-hydrogen) atoms. The predicted molar refractivity (Wildman–Crippen MR) is 115 cm³/mol. The summed E-state index contributed by atoms with van der Waals surface area (Å²) in [6.07, 6.45) is 1.68. The number of carbonyl (C=O) groups excluding carboxylic acids is 2. The first-order valence-electron chi connectivity index (χ1n) is 9.51. The summed E-state index contributed by atoms with van der Waals surface area (Å²) >= 11 is 0. The number of methoxy groups -OCH3 is 3. The summed E-state index contributed by atoms with van der Waals surface area (Å²) < 4.78 is 17.0. The van der Waals surface area contributed by atoms with Crippen LogP contribution in [-0.2, 0) is 9.53 Å². The molecule has 2 N–H and O–H groups in total. The minimum Gasteiger partial charge on any atom is -0.493 e. The van der Waals surface area contributed by atoms with Gasteiger partial charge in [0.05, 0.1) is 39.5 Å². The van der Waals surface area contributed by atoms with E-state index >= 15 is 0 Å². The summed E-state index contributed by atoms with van der Waals surface area (Å²) in [6, 6.07) is 15.2. The number of anilines is 1. The van der Waals surface area contributed by atoms with Crippen LogP contribution in [0.3, 0.4) is 0 Å². The van der Waals surface area contributed by atoms with E-state index in [0.29, 0.717) is 22.9 Å². The Labute approximate surface area is 179 Å². The van der Waals surface area contributed by atoms with Crippen LogP contribution >= 0.6 is 0 Å². The largest absolute Gasteiger partial charge is 0.493 e. The second-order valence-corrected chi connectivity index (χ2v) is 6.53. The number of nitrogens with one attached hydrogen (secondary N) is 2. The number of urea groups is 1. The molecule has 162 valence electrons. The Morgan fingerprint density at radius 3 is 2.42 bits per heavy atom. The second kappa shape index (κ2) is 10.1. The van der Waals surface area contributed by atoms with Crippen LogP contribution in [0.15, 0.2) is 60.8 Å². The molecule has 9 heteroatoms. The van der Waals surface area contributed by atoms with Crippen molar-refractivity contribution >= 4 is 17.8 Å². The highest BCUT2D eigenvalue weighted by Crippen LogP contribution is 2.31. The molecule has 0 aliphatic heterocycles. The molecule has 2 amide bonds. The van der Waals surface area contributed by atoms with Gasteiger partial charge in [-0.3, -0.25) is 10.1 Å². The van der Waals surface area contributed by atoms with Crippen LogP contribution in [0.4, 0.5) is 10.6 Å². The molecule has 2 aromatic carbocycles. The van der Waals surface area contributed by atoms with E-state index < -0.39 is 18.0 Å². The number of aromatic nitrogens is 2. The van der Waals surface area contributed by atoms with Crippen LogP contribution in [0, 0.1) is 0 Å². The molecule has 0 saturated heterocycles. The van der Waals surface area contributed by atoms with Crippen molar-refractivity contribution in [1.29, 1.82) is 0 Å². The van der Waals surface area contributed by atoms with Crippen molar-refractivity contribution in [2.45, 2.75) is 12.5 Å². The number of para-hydroxylation sites is 1. The predicted octanol–water partition coefficient (Wildman–Crippen LogP) is 3.32. The fourth-order valence-electron chi connectivity index (χ4n) is 3.00. The molecular formula is C22H24N4O5. The smallest absolute Gasteiger partial charge is 0.320 e. The van der Waals surface area contributed by atoms with Gasteiger partial charge in [0.15, 0.2) is 17.3 Å². The Kier molecular flexibility index (Phi) is 7.10. The van der Waals surface area contributed by atoms with Crippen LogP contribution < -0.4 is 20.1 Å². The normalized spacial score (nSPS) is 11.3. The molecule has 1 atom stereocenters. The monoisotopic (exact) mass is 424 g/mol. The van der Waals surface area contributed by atoms with Crippen molar-refractivity contribution < 1.29 is 23.8 Å². The summed E-state index contributed by atoms with van der Waals surface area (Å²) in [5, 5.41) is 9.82. The highest BCUT2D eigenvalue weighted by molar-refractivity contribution is 5.89. The summed E-state index contributed by atoms with van der Waals surface area (Å²) in [6.45, 7) is 0. The van der Waals surface area contributed by atoms with Crippen molar-refractivity contribution in [3.8, 4) is 17.2 Å². The van der Waals surface area contributed by atoms with E-state index in [4.69, 9.17) is 14.2 Å². The molecule has 1 heterocycles. The number of hydrogen-bond donors (Lipinski definition) is 2. The third-order valence-corrected chi connectivity index (χ3v) is 4.57. The number of benzene rings is 2. The lowest BCUT2D eigenvalue weighted by Crippen LogP contribution is -2.34. The molecule has 0 fully saturated rings. The Bertz CT molecular complexity index is 1040. The average molecular weight is 424 g/mol. The molecule has 0 unspecified atom stereocenters. The van der Waals surface area contributed by atoms with Crippen LogP contribution in [0.1, 0.15) is 18.0 Å². The molecule has 3 aromatic rings. The SMILES string of the molecule is COC(=O)C[C@H](NC(=O)Nc1ccn(-c2ccccc2)n1)c1ccc(OC)c(OC)c1. The molecule has 0 saturated carbocycles. The quantitative estimate of drug-likeness (QED) is 0.538. The summed E-state index contributed by atoms with van der Waals surface area (Å²) in [5.74, 6) is 0.927. The van der Waals surface area contributed by atoms with Crippen molar-refractivity contribution in [2.75, 3.05) is 26.6 Å². The molecule has 1 aromatic heterocycles. The van der Waals surface area contributed by atoms with Gasteiger partial charge in [-0.05, 0) is 29.8 Å². The number of hydrogen-bond acceptors (Lipinski definition) is 6. The first kappa shape index (κ1) is 21.7. The van der Waals surface area contributed by atoms with Crippen molar-refractivity contribution in [3.05, 3.63) is 66.4 Å². The zero-order valence-electron chi connectivity index (χ0n) is 17.5. The van der Waals surface area contributed by atoms with Gasteiger partial charge in [0.2, 0.25) is 0 Å². The Morgan fingerprint density at radius 2 is 1.74 bits per heavy atom. The zero-order chi connectivity index (χ0) is 22.2. The molecule has 0 aliphatic rings. The number of esters is 1. The van der Waals surface area contributed by atoms with Crippen molar-refractivity contribution in [1.82, 2.24) is 15.1 Å². The maximum absolute atomic E-state index is 12.6. The maximum atomic E-state index is 12.6. The topological polar surface area (TPSA) is 104 Å². The van der Waals surface area contributed by atoms with Gasteiger partial charge in [0.1, 0.15) is 0 Å². The van der Waals surface area contributed by atoms with E-state index in [0.717, 1.165) is 5.69 Å². The van der Waals surface area contributed by atoms with Crippen LogP contribution in [0.2, 0.25) is 0 Å². The Hall–Kier alpha value is -4.01. The lowest BCUT2D eigenvalue weighted by atomic mass is 10.0. The molecule has 0 radical (unpaired) electrons. The highest BCUT2D eigenvalue weighted by Gasteiger charge is 2.21. The van der Waals surface area contributed by atoms with Gasteiger partial charge in [-0.1, -0.05) is 24.3 Å². The molecule has 9 nitrogen and oxygen atoms in total. The molecular weight excluding hydrogens is 400 g/mol. The van der Waals surface area contributed by atoms with Gasteiger partial charge in [-0.25, -0.2) is 9.48 Å². The fourth-order valence-corrected chi connectivity index (χ4v) is 3.00. The second-order valence-electron chi connectivity index (χ2n) is 6.53. The van der Waals surface area contributed by atoms with E-state index in [2.05, 4.69) is 15.7 Å². The third-order valence-electron chi connectivity index (χ3n) is 4.57. The first-order chi connectivity index (χ1) is 15.0. The van der Waals surface area contributed by atoms with Crippen molar-refractivity contribution in [3.63, 3.8) is 0 Å². The lowest BCUT2D eigenvalue weighted by Gasteiger charge is -2.19. The Balaban J connectivity index is 1.75. The number of amides is 2. The highest BCUT2D eigenvalue weighted by atomic mass is 16.5. The minimum atomic E-state index is -0.650. The first-order valence-corrected chi connectivity index (χ1v) is 9.51. The van der Waals surface area contributed by atoms with Crippen LogP contribution in [0.5, 0.6) is 11.5 Å². The van der Waals surface area contributed by atoms with E-state index in [1.165, 1.54) is 21.3 Å². The Morgan fingerprint density at radius 1 is 1.00 bits per heavy atom. The van der Waals surface area contributed by atoms with E-state index in [1.54, 1.807) is 35.1 Å². The number of carbonyl (C=O) groups is 2. The third kappa shape index (κ3) is 5.53. The fraction of sp³-hybridized carbons (Fsp3) is 0.227. The molecule has 0 spiro atoms. The van der Waals surface area contributed by atoms with E-state index in [1.807, 2.05) is 30.3 Å². The minimum absolute atomic E-state index is 0.0577. The maximum Gasteiger partial charge on any atom is 0.320 e. The van der Waals surface area contributed by atoms with Crippen LogP contribution in [-0.4, -0.2) is 43.1 Å². The lowest BCUT2D eigenvalue weighted by molar-refractivity contribution is -0.141. The van der Waals surface area contributed by atoms with Gasteiger partial charge in [-0.2, -0.15) is 0 Å². The van der Waals surface area contributed by atoms with E-state index in [9.17, 15) is 9.59 Å². The van der Waals surface area contributed by atoms with Gasteiger partial charge < -0.3 is 19.5 Å². The van der Waals surface area contributed by atoms with Gasteiger partial charge >= 0.3 is 12.0 Å². The molecule has 3 rings (SSSR count). The van der Waals surface area contributed by atoms with Gasteiger partial charge in [0.25, 0.3) is 0 Å². The number of rotatable bonds is 8. The molecule has 0 bridgehead atoms. The van der Waals surface area contributed by atoms with Crippen molar-refractivity contribution in [2.24, 2.45) is 0 Å². The number of nitrogens with zero attached hydrogens (tertiary/aromatic N) is 2. The summed E-state index contributed by atoms with van der Waals surface area (Å²) in [5.41, 5.74) is 1.53. The average Bonchev–Trinajstić information content (AvgIpc) is 3.26. The summed E-state index contributed by atoms with van der Waals surface area (Å²) in [4.78, 5) is 24.5. The summed E-state index contributed by atoms with van der Waals surface area (Å²) in [7, 11) is 4.34.